The largest absolute Gasteiger partial charge is 0.328 e. The van der Waals surface area contributed by atoms with Gasteiger partial charge in [-0.15, -0.1) is 0 Å². The topological polar surface area (TPSA) is 42.7 Å². The third-order valence-electron chi connectivity index (χ3n) is 4.88. The molecule has 1 aliphatic rings. The second kappa shape index (κ2) is 6.13. The fourth-order valence-corrected chi connectivity index (χ4v) is 3.59. The highest BCUT2D eigenvalue weighted by Crippen LogP contribution is 2.29. The zero-order chi connectivity index (χ0) is 15.6. The smallest absolute Gasteiger partial charge is 0.140 e. The number of fused-ring (bicyclic) bond motifs is 1. The Morgan fingerprint density at radius 1 is 1.22 bits per heavy atom. The maximum absolute atomic E-state index is 4.64. The third-order valence-corrected chi connectivity index (χ3v) is 4.88. The number of aromatic nitrogens is 3. The van der Waals surface area contributed by atoms with Gasteiger partial charge >= 0.3 is 0 Å². The highest BCUT2D eigenvalue weighted by Gasteiger charge is 2.23. The van der Waals surface area contributed by atoms with Crippen LogP contribution in [-0.4, -0.2) is 27.1 Å². The van der Waals surface area contributed by atoms with E-state index in [0.717, 1.165) is 29.7 Å². The molecule has 1 saturated heterocycles. The molecule has 0 aliphatic carbocycles. The van der Waals surface area contributed by atoms with E-state index >= 15 is 0 Å². The quantitative estimate of drug-likeness (QED) is 0.800. The summed E-state index contributed by atoms with van der Waals surface area (Å²) in [6.07, 6.45) is 9.41. The SMILES string of the molecule is CC[C@H]1C[C@@H](n2ccnc2-c2ccc3ncccc3c2)CCN1. The van der Waals surface area contributed by atoms with Crippen LogP contribution in [0.15, 0.2) is 48.9 Å². The zero-order valence-electron chi connectivity index (χ0n) is 13.4. The second-order valence-corrected chi connectivity index (χ2v) is 6.31. The summed E-state index contributed by atoms with van der Waals surface area (Å²) in [5.41, 5.74) is 2.20. The highest BCUT2D eigenvalue weighted by atomic mass is 15.1. The minimum absolute atomic E-state index is 0.531. The molecule has 1 fully saturated rings. The van der Waals surface area contributed by atoms with Crippen LogP contribution in [0, 0.1) is 0 Å². The van der Waals surface area contributed by atoms with E-state index < -0.39 is 0 Å². The predicted octanol–water partition coefficient (Wildman–Crippen LogP) is 3.80. The Balaban J connectivity index is 1.70. The Labute approximate surface area is 136 Å². The van der Waals surface area contributed by atoms with Crippen molar-refractivity contribution in [1.82, 2.24) is 19.9 Å². The average molecular weight is 306 g/mol. The summed E-state index contributed by atoms with van der Waals surface area (Å²) in [5, 5.41) is 4.77. The first-order valence-corrected chi connectivity index (χ1v) is 8.46. The monoisotopic (exact) mass is 306 g/mol. The summed E-state index contributed by atoms with van der Waals surface area (Å²) in [5.74, 6) is 1.07. The third kappa shape index (κ3) is 2.75. The van der Waals surface area contributed by atoms with Gasteiger partial charge in [0.15, 0.2) is 0 Å². The van der Waals surface area contributed by atoms with Crippen molar-refractivity contribution in [3.05, 3.63) is 48.9 Å². The molecule has 0 radical (unpaired) electrons. The van der Waals surface area contributed by atoms with Crippen LogP contribution < -0.4 is 5.32 Å². The van der Waals surface area contributed by atoms with E-state index in [0.29, 0.717) is 12.1 Å². The molecule has 4 rings (SSSR count). The number of hydrogen-bond donors (Lipinski definition) is 1. The summed E-state index contributed by atoms with van der Waals surface area (Å²) in [7, 11) is 0. The van der Waals surface area contributed by atoms with Gasteiger partial charge in [0.25, 0.3) is 0 Å². The lowest BCUT2D eigenvalue weighted by Gasteiger charge is -2.31. The molecule has 0 saturated carbocycles. The van der Waals surface area contributed by atoms with Crippen molar-refractivity contribution >= 4 is 10.9 Å². The summed E-state index contributed by atoms with van der Waals surface area (Å²) in [4.78, 5) is 9.04. The predicted molar refractivity (Wildman–Crippen MR) is 93.3 cm³/mol. The summed E-state index contributed by atoms with van der Waals surface area (Å²) in [6, 6.07) is 11.6. The fourth-order valence-electron chi connectivity index (χ4n) is 3.59. The Bertz CT molecular complexity index is 808. The van der Waals surface area contributed by atoms with Crippen LogP contribution >= 0.6 is 0 Å². The molecule has 4 heteroatoms. The Morgan fingerprint density at radius 2 is 2.17 bits per heavy atom. The number of benzene rings is 1. The fraction of sp³-hybridized carbons (Fsp3) is 0.368. The van der Waals surface area contributed by atoms with Gasteiger partial charge in [0, 0.05) is 41.6 Å². The van der Waals surface area contributed by atoms with Crippen molar-refractivity contribution in [2.45, 2.75) is 38.3 Å². The molecular weight excluding hydrogens is 284 g/mol. The molecule has 1 aromatic carbocycles. The van der Waals surface area contributed by atoms with Crippen LogP contribution in [-0.2, 0) is 0 Å². The molecule has 3 aromatic rings. The van der Waals surface area contributed by atoms with Gasteiger partial charge in [-0.3, -0.25) is 4.98 Å². The van der Waals surface area contributed by atoms with Crippen LogP contribution in [0.3, 0.4) is 0 Å². The van der Waals surface area contributed by atoms with E-state index in [1.54, 1.807) is 0 Å². The van der Waals surface area contributed by atoms with Gasteiger partial charge < -0.3 is 9.88 Å². The van der Waals surface area contributed by atoms with Gasteiger partial charge in [0.05, 0.1) is 5.52 Å². The maximum Gasteiger partial charge on any atom is 0.140 e. The van der Waals surface area contributed by atoms with Crippen molar-refractivity contribution in [3.63, 3.8) is 0 Å². The van der Waals surface area contributed by atoms with Crippen LogP contribution in [0.25, 0.3) is 22.3 Å². The summed E-state index contributed by atoms with van der Waals surface area (Å²) in [6.45, 7) is 3.34. The Morgan fingerprint density at radius 3 is 3.09 bits per heavy atom. The van der Waals surface area contributed by atoms with E-state index in [9.17, 15) is 0 Å². The number of hydrogen-bond acceptors (Lipinski definition) is 3. The van der Waals surface area contributed by atoms with Gasteiger partial charge in [-0.05, 0) is 50.1 Å². The van der Waals surface area contributed by atoms with Crippen molar-refractivity contribution in [2.75, 3.05) is 6.54 Å². The molecule has 2 aromatic heterocycles. The van der Waals surface area contributed by atoms with Crippen molar-refractivity contribution < 1.29 is 0 Å². The van der Waals surface area contributed by atoms with Crippen molar-refractivity contribution in [2.24, 2.45) is 0 Å². The molecule has 1 aliphatic heterocycles. The number of rotatable bonds is 3. The summed E-state index contributed by atoms with van der Waals surface area (Å²) < 4.78 is 2.36. The second-order valence-electron chi connectivity index (χ2n) is 6.31. The van der Waals surface area contributed by atoms with Gasteiger partial charge in [0.2, 0.25) is 0 Å². The molecule has 0 amide bonds. The molecule has 0 unspecified atom stereocenters. The minimum atomic E-state index is 0.531. The molecule has 2 atom stereocenters. The zero-order valence-corrected chi connectivity index (χ0v) is 13.4. The van der Waals surface area contributed by atoms with Crippen LogP contribution in [0.2, 0.25) is 0 Å². The lowest BCUT2D eigenvalue weighted by atomic mass is 9.97. The summed E-state index contributed by atoms with van der Waals surface area (Å²) >= 11 is 0. The molecule has 3 heterocycles. The van der Waals surface area contributed by atoms with E-state index in [1.807, 2.05) is 18.5 Å². The Hall–Kier alpha value is -2.20. The first kappa shape index (κ1) is 14.4. The molecule has 0 bridgehead atoms. The molecule has 4 nitrogen and oxygen atoms in total. The standard InChI is InChI=1S/C19H22N4/c1-2-16-13-17(7-9-20-16)23-11-10-22-19(23)15-5-6-18-14(12-15)4-3-8-21-18/h3-6,8,10-12,16-17,20H,2,7,9,13H2,1H3/t16-,17-/m0/s1. The Kier molecular flexibility index (Phi) is 3.83. The number of pyridine rings is 1. The number of nitrogens with one attached hydrogen (secondary N) is 1. The van der Waals surface area contributed by atoms with Crippen LogP contribution in [0.4, 0.5) is 0 Å². The number of nitrogens with zero attached hydrogens (tertiary/aromatic N) is 3. The number of piperidine rings is 1. The molecule has 0 spiro atoms. The van der Waals surface area contributed by atoms with E-state index in [2.05, 4.69) is 57.2 Å². The highest BCUT2D eigenvalue weighted by molar-refractivity contribution is 5.83. The van der Waals surface area contributed by atoms with Crippen LogP contribution in [0.1, 0.15) is 32.2 Å². The van der Waals surface area contributed by atoms with E-state index in [-0.39, 0.29) is 0 Å². The maximum atomic E-state index is 4.64. The van der Waals surface area contributed by atoms with Gasteiger partial charge in [-0.2, -0.15) is 0 Å². The van der Waals surface area contributed by atoms with Crippen LogP contribution in [0.5, 0.6) is 0 Å². The number of imidazole rings is 1. The molecule has 1 N–H and O–H groups in total. The van der Waals surface area contributed by atoms with E-state index in [4.69, 9.17) is 0 Å². The van der Waals surface area contributed by atoms with Crippen molar-refractivity contribution in [1.29, 1.82) is 0 Å². The average Bonchev–Trinajstić information content (AvgIpc) is 3.11. The van der Waals surface area contributed by atoms with Crippen molar-refractivity contribution in [3.8, 4) is 11.4 Å². The first-order valence-electron chi connectivity index (χ1n) is 8.46. The first-order chi connectivity index (χ1) is 11.3. The normalized spacial score (nSPS) is 21.6. The lowest BCUT2D eigenvalue weighted by Crippen LogP contribution is -2.38. The molecule has 23 heavy (non-hydrogen) atoms. The minimum Gasteiger partial charge on any atom is -0.328 e. The molecule has 118 valence electrons. The van der Waals surface area contributed by atoms with Gasteiger partial charge in [-0.1, -0.05) is 13.0 Å². The van der Waals surface area contributed by atoms with Gasteiger partial charge in [-0.25, -0.2) is 4.98 Å². The van der Waals surface area contributed by atoms with E-state index in [1.165, 1.54) is 18.4 Å². The van der Waals surface area contributed by atoms with Gasteiger partial charge in [0.1, 0.15) is 5.82 Å². The lowest BCUT2D eigenvalue weighted by molar-refractivity contribution is 0.297. The molecular formula is C19H22N4.